The van der Waals surface area contributed by atoms with Gasteiger partial charge in [-0.1, -0.05) is 29.8 Å². The van der Waals surface area contributed by atoms with Crippen LogP contribution in [0.5, 0.6) is 0 Å². The number of nitrogens with zero attached hydrogens (tertiary/aromatic N) is 1. The zero-order chi connectivity index (χ0) is 12.5. The number of rotatable bonds is 2. The Balaban J connectivity index is 2.11. The highest BCUT2D eigenvalue weighted by atomic mass is 16.3. The van der Waals surface area contributed by atoms with Crippen molar-refractivity contribution in [3.63, 3.8) is 0 Å². The molecule has 2 nitrogen and oxygen atoms in total. The maximum atomic E-state index is 9.80. The van der Waals surface area contributed by atoms with Crippen LogP contribution in [0.1, 0.15) is 37.8 Å². The molecule has 0 spiro atoms. The molecule has 1 atom stereocenters. The summed E-state index contributed by atoms with van der Waals surface area (Å²) in [6.45, 7) is 8.40. The Bertz CT molecular complexity index is 386. The van der Waals surface area contributed by atoms with E-state index < -0.39 is 0 Å². The number of aryl methyl sites for hydroxylation is 1. The van der Waals surface area contributed by atoms with Crippen LogP contribution in [-0.4, -0.2) is 28.2 Å². The summed E-state index contributed by atoms with van der Waals surface area (Å²) < 4.78 is 0. The average Bonchev–Trinajstić information content (AvgIpc) is 2.24. The molecule has 1 aromatic carbocycles. The van der Waals surface area contributed by atoms with Crippen LogP contribution in [0.2, 0.25) is 0 Å². The number of β-amino-alcohol motifs (C(OH)–C–C–N with tert-alkyl or cyclic N) is 1. The van der Waals surface area contributed by atoms with Crippen molar-refractivity contribution in [2.45, 2.75) is 51.8 Å². The van der Waals surface area contributed by atoms with Gasteiger partial charge < -0.3 is 5.11 Å². The molecule has 1 aliphatic heterocycles. The molecule has 0 saturated carbocycles. The van der Waals surface area contributed by atoms with Crippen LogP contribution in [-0.2, 0) is 6.54 Å². The Labute approximate surface area is 104 Å². The molecule has 2 rings (SSSR count). The zero-order valence-electron chi connectivity index (χ0n) is 11.1. The lowest BCUT2D eigenvalue weighted by Gasteiger charge is -2.44. The molecular weight excluding hydrogens is 210 g/mol. The van der Waals surface area contributed by atoms with E-state index in [2.05, 4.69) is 49.9 Å². The van der Waals surface area contributed by atoms with Crippen LogP contribution in [0.4, 0.5) is 0 Å². The fourth-order valence-corrected chi connectivity index (χ4v) is 2.58. The van der Waals surface area contributed by atoms with Gasteiger partial charge in [0.2, 0.25) is 0 Å². The van der Waals surface area contributed by atoms with E-state index in [0.717, 1.165) is 25.9 Å². The quantitative estimate of drug-likeness (QED) is 0.849. The van der Waals surface area contributed by atoms with Crippen molar-refractivity contribution in [3.05, 3.63) is 35.4 Å². The molecule has 1 unspecified atom stereocenters. The SMILES string of the molecule is Cc1cccc(CN2CC(O)CCC2(C)C)c1. The van der Waals surface area contributed by atoms with Crippen molar-refractivity contribution < 1.29 is 5.11 Å². The number of likely N-dealkylation sites (tertiary alicyclic amines) is 1. The van der Waals surface area contributed by atoms with Crippen LogP contribution in [0, 0.1) is 6.92 Å². The van der Waals surface area contributed by atoms with Gasteiger partial charge in [-0.2, -0.15) is 0 Å². The minimum absolute atomic E-state index is 0.159. The van der Waals surface area contributed by atoms with Crippen molar-refractivity contribution in [2.75, 3.05) is 6.54 Å². The molecule has 1 heterocycles. The molecule has 1 saturated heterocycles. The second-order valence-corrected chi connectivity index (χ2v) is 5.87. The number of hydrogen-bond donors (Lipinski definition) is 1. The van der Waals surface area contributed by atoms with Crippen molar-refractivity contribution >= 4 is 0 Å². The lowest BCUT2D eigenvalue weighted by molar-refractivity contribution is -0.00959. The van der Waals surface area contributed by atoms with E-state index in [9.17, 15) is 5.11 Å². The fourth-order valence-electron chi connectivity index (χ4n) is 2.58. The maximum absolute atomic E-state index is 9.80. The highest BCUT2D eigenvalue weighted by Crippen LogP contribution is 2.29. The number of hydrogen-bond acceptors (Lipinski definition) is 2. The molecular formula is C15H23NO. The first-order valence-electron chi connectivity index (χ1n) is 6.46. The summed E-state index contributed by atoms with van der Waals surface area (Å²) >= 11 is 0. The standard InChI is InChI=1S/C15H23NO/c1-12-5-4-6-13(9-12)10-16-11-14(17)7-8-15(16,2)3/h4-6,9,14,17H,7-8,10-11H2,1-3H3. The van der Waals surface area contributed by atoms with E-state index in [4.69, 9.17) is 0 Å². The number of aliphatic hydroxyl groups is 1. The minimum Gasteiger partial charge on any atom is -0.392 e. The van der Waals surface area contributed by atoms with Gasteiger partial charge in [0.15, 0.2) is 0 Å². The van der Waals surface area contributed by atoms with E-state index in [1.807, 2.05) is 0 Å². The Morgan fingerprint density at radius 2 is 2.18 bits per heavy atom. The zero-order valence-corrected chi connectivity index (χ0v) is 11.1. The van der Waals surface area contributed by atoms with Crippen molar-refractivity contribution in [1.29, 1.82) is 0 Å². The number of piperidine rings is 1. The lowest BCUT2D eigenvalue weighted by Crippen LogP contribution is -2.51. The van der Waals surface area contributed by atoms with Crippen molar-refractivity contribution in [1.82, 2.24) is 4.90 Å². The van der Waals surface area contributed by atoms with Gasteiger partial charge in [-0.3, -0.25) is 4.90 Å². The molecule has 2 heteroatoms. The molecule has 0 bridgehead atoms. The summed E-state index contributed by atoms with van der Waals surface area (Å²) in [5.41, 5.74) is 2.84. The van der Waals surface area contributed by atoms with E-state index in [0.29, 0.717) is 0 Å². The Kier molecular flexibility index (Phi) is 3.55. The molecule has 0 radical (unpaired) electrons. The highest BCUT2D eigenvalue weighted by molar-refractivity contribution is 5.22. The van der Waals surface area contributed by atoms with E-state index in [1.165, 1.54) is 11.1 Å². The fraction of sp³-hybridized carbons (Fsp3) is 0.600. The summed E-state index contributed by atoms with van der Waals surface area (Å²) in [4.78, 5) is 2.40. The van der Waals surface area contributed by atoms with Gasteiger partial charge in [0, 0.05) is 18.6 Å². The van der Waals surface area contributed by atoms with Crippen LogP contribution >= 0.6 is 0 Å². The molecule has 0 aliphatic carbocycles. The maximum Gasteiger partial charge on any atom is 0.0668 e. The Morgan fingerprint density at radius 1 is 1.41 bits per heavy atom. The predicted molar refractivity (Wildman–Crippen MR) is 70.9 cm³/mol. The summed E-state index contributed by atoms with van der Waals surface area (Å²) in [6, 6.07) is 8.64. The smallest absolute Gasteiger partial charge is 0.0668 e. The summed E-state index contributed by atoms with van der Waals surface area (Å²) in [5, 5.41) is 9.80. The number of aliphatic hydroxyl groups excluding tert-OH is 1. The van der Waals surface area contributed by atoms with Gasteiger partial charge in [0.25, 0.3) is 0 Å². The third-order valence-corrected chi connectivity index (χ3v) is 3.83. The van der Waals surface area contributed by atoms with Gasteiger partial charge in [-0.15, -0.1) is 0 Å². The van der Waals surface area contributed by atoms with Gasteiger partial charge in [-0.25, -0.2) is 0 Å². The van der Waals surface area contributed by atoms with Crippen molar-refractivity contribution in [3.8, 4) is 0 Å². The van der Waals surface area contributed by atoms with E-state index in [-0.39, 0.29) is 11.6 Å². The molecule has 1 N–H and O–H groups in total. The normalized spacial score (nSPS) is 24.8. The molecule has 17 heavy (non-hydrogen) atoms. The van der Waals surface area contributed by atoms with E-state index in [1.54, 1.807) is 0 Å². The third-order valence-electron chi connectivity index (χ3n) is 3.83. The third kappa shape index (κ3) is 3.08. The molecule has 1 fully saturated rings. The Morgan fingerprint density at radius 3 is 2.88 bits per heavy atom. The van der Waals surface area contributed by atoms with Crippen molar-refractivity contribution in [2.24, 2.45) is 0 Å². The average molecular weight is 233 g/mol. The minimum atomic E-state index is -0.159. The monoisotopic (exact) mass is 233 g/mol. The summed E-state index contributed by atoms with van der Waals surface area (Å²) in [6.07, 6.45) is 1.84. The first-order chi connectivity index (χ1) is 7.97. The van der Waals surface area contributed by atoms with Crippen LogP contribution in [0.3, 0.4) is 0 Å². The number of benzene rings is 1. The van der Waals surface area contributed by atoms with Gasteiger partial charge in [0.1, 0.15) is 0 Å². The van der Waals surface area contributed by atoms with Gasteiger partial charge in [0.05, 0.1) is 6.10 Å². The second-order valence-electron chi connectivity index (χ2n) is 5.87. The lowest BCUT2D eigenvalue weighted by atomic mass is 9.88. The first-order valence-corrected chi connectivity index (χ1v) is 6.46. The van der Waals surface area contributed by atoms with Crippen LogP contribution in [0.25, 0.3) is 0 Å². The van der Waals surface area contributed by atoms with Crippen LogP contribution in [0.15, 0.2) is 24.3 Å². The predicted octanol–water partition coefficient (Wildman–Crippen LogP) is 2.73. The first kappa shape index (κ1) is 12.6. The molecule has 0 amide bonds. The van der Waals surface area contributed by atoms with Crippen LogP contribution < -0.4 is 0 Å². The Hall–Kier alpha value is -0.860. The summed E-state index contributed by atoms with van der Waals surface area (Å²) in [7, 11) is 0. The van der Waals surface area contributed by atoms with E-state index >= 15 is 0 Å². The molecule has 94 valence electrons. The highest BCUT2D eigenvalue weighted by Gasteiger charge is 2.33. The summed E-state index contributed by atoms with van der Waals surface area (Å²) in [5.74, 6) is 0. The second kappa shape index (κ2) is 4.79. The molecule has 1 aromatic rings. The molecule has 1 aliphatic rings. The topological polar surface area (TPSA) is 23.5 Å². The largest absolute Gasteiger partial charge is 0.392 e. The van der Waals surface area contributed by atoms with Gasteiger partial charge in [-0.05, 0) is 39.2 Å². The van der Waals surface area contributed by atoms with Gasteiger partial charge >= 0.3 is 0 Å². The molecule has 0 aromatic heterocycles.